The van der Waals surface area contributed by atoms with Crippen LogP contribution < -0.4 is 0 Å². The van der Waals surface area contributed by atoms with Crippen LogP contribution in [0.3, 0.4) is 0 Å². The standard InChI is InChI=1S/C47H31N3/c1-3-11-32(12-4-1)33-19-21-34(22-20-33)37-25-28-47(48-31-37)50-44-18-10-8-16-40(44)42-29-35(24-27-45(42)50)36-23-26-41-39-15-7-9-17-43(39)49(46(41)30-36)38-13-5-2-6-14-38/h1-31H. The van der Waals surface area contributed by atoms with Crippen molar-refractivity contribution in [3.63, 3.8) is 0 Å². The van der Waals surface area contributed by atoms with Crippen LogP contribution in [0.25, 0.3) is 88.5 Å². The molecule has 0 aliphatic heterocycles. The Kier molecular flexibility index (Phi) is 6.49. The van der Waals surface area contributed by atoms with Crippen LogP contribution in [0.4, 0.5) is 0 Å². The summed E-state index contributed by atoms with van der Waals surface area (Å²) in [5, 5.41) is 4.95. The molecule has 10 aromatic rings. The maximum absolute atomic E-state index is 5.01. The van der Waals surface area contributed by atoms with Crippen LogP contribution in [0.2, 0.25) is 0 Å². The quantitative estimate of drug-likeness (QED) is 0.184. The minimum absolute atomic E-state index is 0.905. The van der Waals surface area contributed by atoms with Crippen molar-refractivity contribution in [1.82, 2.24) is 14.1 Å². The Morgan fingerprint density at radius 2 is 0.800 bits per heavy atom. The molecule has 0 N–H and O–H groups in total. The van der Waals surface area contributed by atoms with Gasteiger partial charge in [-0.15, -0.1) is 0 Å². The van der Waals surface area contributed by atoms with E-state index in [2.05, 4.69) is 185 Å². The molecule has 0 radical (unpaired) electrons. The molecule has 0 amide bonds. The highest BCUT2D eigenvalue weighted by molar-refractivity contribution is 6.12. The van der Waals surface area contributed by atoms with Gasteiger partial charge in [-0.05, 0) is 82.4 Å². The van der Waals surface area contributed by atoms with Crippen LogP contribution in [0, 0.1) is 0 Å². The van der Waals surface area contributed by atoms with Gasteiger partial charge in [0.2, 0.25) is 0 Å². The predicted octanol–water partition coefficient (Wildman–Crippen LogP) is 12.3. The second kappa shape index (κ2) is 11.5. The van der Waals surface area contributed by atoms with Crippen molar-refractivity contribution in [2.45, 2.75) is 0 Å². The summed E-state index contributed by atoms with van der Waals surface area (Å²) < 4.78 is 4.67. The Bertz CT molecular complexity index is 2830. The predicted molar refractivity (Wildman–Crippen MR) is 209 cm³/mol. The summed E-state index contributed by atoms with van der Waals surface area (Å²) >= 11 is 0. The fourth-order valence-corrected chi connectivity index (χ4v) is 7.58. The average Bonchev–Trinajstić information content (AvgIpc) is 3.71. The summed E-state index contributed by atoms with van der Waals surface area (Å²) in [6, 6.07) is 65.2. The zero-order valence-corrected chi connectivity index (χ0v) is 27.2. The van der Waals surface area contributed by atoms with Gasteiger partial charge in [0, 0.05) is 39.0 Å². The molecule has 3 heterocycles. The molecule has 0 saturated heterocycles. The number of nitrogens with zero attached hydrogens (tertiary/aromatic N) is 3. The van der Waals surface area contributed by atoms with Crippen LogP contribution in [0.1, 0.15) is 0 Å². The summed E-state index contributed by atoms with van der Waals surface area (Å²) in [6.45, 7) is 0. The highest BCUT2D eigenvalue weighted by atomic mass is 15.1. The second-order valence-corrected chi connectivity index (χ2v) is 12.9. The van der Waals surface area contributed by atoms with Crippen molar-refractivity contribution in [2.75, 3.05) is 0 Å². The van der Waals surface area contributed by atoms with Crippen molar-refractivity contribution in [3.05, 3.63) is 188 Å². The smallest absolute Gasteiger partial charge is 0.137 e. The van der Waals surface area contributed by atoms with Crippen LogP contribution in [0.5, 0.6) is 0 Å². The van der Waals surface area contributed by atoms with Crippen LogP contribution in [0.15, 0.2) is 188 Å². The van der Waals surface area contributed by atoms with Crippen LogP contribution in [-0.4, -0.2) is 14.1 Å². The third kappa shape index (κ3) is 4.56. The van der Waals surface area contributed by atoms with E-state index in [9.17, 15) is 0 Å². The van der Waals surface area contributed by atoms with Gasteiger partial charge in [0.1, 0.15) is 5.82 Å². The van der Waals surface area contributed by atoms with Crippen molar-refractivity contribution in [2.24, 2.45) is 0 Å². The lowest BCUT2D eigenvalue weighted by molar-refractivity contribution is 1.08. The summed E-state index contributed by atoms with van der Waals surface area (Å²) in [5.41, 5.74) is 12.9. The Morgan fingerprint density at radius 3 is 1.52 bits per heavy atom. The van der Waals surface area contributed by atoms with E-state index in [1.807, 2.05) is 12.3 Å². The van der Waals surface area contributed by atoms with E-state index in [0.29, 0.717) is 0 Å². The maximum Gasteiger partial charge on any atom is 0.137 e. The van der Waals surface area contributed by atoms with Gasteiger partial charge in [-0.25, -0.2) is 4.98 Å². The first-order valence-corrected chi connectivity index (χ1v) is 17.0. The number of para-hydroxylation sites is 3. The van der Waals surface area contributed by atoms with E-state index < -0.39 is 0 Å². The van der Waals surface area contributed by atoms with E-state index in [0.717, 1.165) is 33.7 Å². The van der Waals surface area contributed by atoms with Crippen LogP contribution in [-0.2, 0) is 0 Å². The van der Waals surface area contributed by atoms with Gasteiger partial charge in [-0.1, -0.05) is 127 Å². The first-order valence-electron chi connectivity index (χ1n) is 17.0. The number of hydrogen-bond acceptors (Lipinski definition) is 1. The topological polar surface area (TPSA) is 22.8 Å². The van der Waals surface area contributed by atoms with Gasteiger partial charge in [0.15, 0.2) is 0 Å². The normalized spacial score (nSPS) is 11.6. The number of aromatic nitrogens is 3. The molecule has 3 heteroatoms. The van der Waals surface area contributed by atoms with E-state index in [1.165, 1.54) is 54.8 Å². The lowest BCUT2D eigenvalue weighted by Crippen LogP contribution is -1.97. The molecule has 0 aliphatic carbocycles. The summed E-state index contributed by atoms with van der Waals surface area (Å²) in [5.74, 6) is 0.905. The third-order valence-corrected chi connectivity index (χ3v) is 10.00. The molecule has 7 aromatic carbocycles. The Labute approximate surface area is 290 Å². The van der Waals surface area contributed by atoms with E-state index >= 15 is 0 Å². The van der Waals surface area contributed by atoms with Gasteiger partial charge in [-0.3, -0.25) is 4.57 Å². The largest absolute Gasteiger partial charge is 0.309 e. The van der Waals surface area contributed by atoms with Gasteiger partial charge < -0.3 is 4.57 Å². The molecule has 0 bridgehead atoms. The molecule has 0 atom stereocenters. The third-order valence-electron chi connectivity index (χ3n) is 10.00. The fraction of sp³-hybridized carbons (Fsp3) is 0. The molecule has 0 aliphatic rings. The van der Waals surface area contributed by atoms with Gasteiger partial charge in [-0.2, -0.15) is 0 Å². The van der Waals surface area contributed by atoms with E-state index in [-0.39, 0.29) is 0 Å². The maximum atomic E-state index is 5.01. The Balaban J connectivity index is 1.06. The van der Waals surface area contributed by atoms with E-state index in [1.54, 1.807) is 0 Å². The molecule has 0 unspecified atom stereocenters. The minimum Gasteiger partial charge on any atom is -0.309 e. The van der Waals surface area contributed by atoms with Gasteiger partial charge >= 0.3 is 0 Å². The lowest BCUT2D eigenvalue weighted by atomic mass is 10.0. The number of fused-ring (bicyclic) bond motifs is 6. The van der Waals surface area contributed by atoms with Crippen molar-refractivity contribution in [3.8, 4) is 44.9 Å². The van der Waals surface area contributed by atoms with Crippen molar-refractivity contribution < 1.29 is 0 Å². The van der Waals surface area contributed by atoms with Gasteiger partial charge in [0.05, 0.1) is 22.1 Å². The number of benzene rings is 7. The minimum atomic E-state index is 0.905. The lowest BCUT2D eigenvalue weighted by Gasteiger charge is -2.10. The molecule has 0 saturated carbocycles. The average molecular weight is 638 g/mol. The summed E-state index contributed by atoms with van der Waals surface area (Å²) in [6.07, 6.45) is 1.99. The zero-order valence-electron chi connectivity index (χ0n) is 27.2. The number of pyridine rings is 1. The van der Waals surface area contributed by atoms with E-state index in [4.69, 9.17) is 4.98 Å². The van der Waals surface area contributed by atoms with Gasteiger partial charge in [0.25, 0.3) is 0 Å². The summed E-state index contributed by atoms with van der Waals surface area (Å²) in [7, 11) is 0. The van der Waals surface area contributed by atoms with Crippen molar-refractivity contribution in [1.29, 1.82) is 0 Å². The molecule has 50 heavy (non-hydrogen) atoms. The highest BCUT2D eigenvalue weighted by Gasteiger charge is 2.16. The molecular weight excluding hydrogens is 607 g/mol. The fourth-order valence-electron chi connectivity index (χ4n) is 7.58. The molecular formula is C47H31N3. The monoisotopic (exact) mass is 637 g/mol. The number of hydrogen-bond donors (Lipinski definition) is 0. The van der Waals surface area contributed by atoms with Crippen molar-refractivity contribution >= 4 is 43.6 Å². The molecule has 0 spiro atoms. The number of rotatable bonds is 5. The SMILES string of the molecule is c1ccc(-c2ccc(-c3ccc(-n4c5ccccc5c5cc(-c6ccc7c8ccccc8n(-c8ccccc8)c7c6)ccc54)nc3)cc2)cc1. The first kappa shape index (κ1) is 28.3. The summed E-state index contributed by atoms with van der Waals surface area (Å²) in [4.78, 5) is 5.01. The molecule has 3 nitrogen and oxygen atoms in total. The second-order valence-electron chi connectivity index (χ2n) is 12.9. The molecule has 234 valence electrons. The molecule has 0 fully saturated rings. The Morgan fingerprint density at radius 1 is 0.300 bits per heavy atom. The first-order chi connectivity index (χ1) is 24.8. The Hall–Kier alpha value is -6.71. The van der Waals surface area contributed by atoms with Crippen LogP contribution >= 0.6 is 0 Å². The molecule has 10 rings (SSSR count). The highest BCUT2D eigenvalue weighted by Crippen LogP contribution is 2.38. The zero-order chi connectivity index (χ0) is 33.0. The molecule has 3 aromatic heterocycles.